The van der Waals surface area contributed by atoms with E-state index >= 15 is 0 Å². The van der Waals surface area contributed by atoms with Crippen LogP contribution < -0.4 is 5.32 Å². The van der Waals surface area contributed by atoms with E-state index in [1.165, 1.54) is 7.05 Å². The summed E-state index contributed by atoms with van der Waals surface area (Å²) >= 11 is 0. The molecular formula is C22H24N6O2. The Labute approximate surface area is 174 Å². The molecule has 2 amide bonds. The van der Waals surface area contributed by atoms with E-state index in [2.05, 4.69) is 15.4 Å². The highest BCUT2D eigenvalue weighted by atomic mass is 16.2. The second kappa shape index (κ2) is 8.41. The minimum absolute atomic E-state index is 0.236. The van der Waals surface area contributed by atoms with Gasteiger partial charge in [-0.15, -0.1) is 0 Å². The summed E-state index contributed by atoms with van der Waals surface area (Å²) in [5.74, 6) is -0.840. The summed E-state index contributed by atoms with van der Waals surface area (Å²) in [6.45, 7) is 0.603. The lowest BCUT2D eigenvalue weighted by Gasteiger charge is -2.31. The van der Waals surface area contributed by atoms with E-state index < -0.39 is 0 Å². The second-order valence-electron chi connectivity index (χ2n) is 7.74. The largest absolute Gasteiger partial charge is 0.350 e. The Morgan fingerprint density at radius 3 is 2.93 bits per heavy atom. The van der Waals surface area contributed by atoms with Gasteiger partial charge in [-0.25, -0.2) is 0 Å². The summed E-state index contributed by atoms with van der Waals surface area (Å²) in [6.07, 6.45) is 8.78. The molecule has 2 N–H and O–H groups in total. The number of rotatable bonds is 5. The van der Waals surface area contributed by atoms with Crippen LogP contribution >= 0.6 is 0 Å². The number of hydrogen-bond acceptors (Lipinski definition) is 4. The molecule has 1 aliphatic carbocycles. The maximum atomic E-state index is 13.0. The summed E-state index contributed by atoms with van der Waals surface area (Å²) in [6, 6.07) is 9.37. The van der Waals surface area contributed by atoms with Crippen LogP contribution in [-0.4, -0.2) is 44.6 Å². The topological polar surface area (TPSA) is 107 Å². The third-order valence-electron chi connectivity index (χ3n) is 5.76. The van der Waals surface area contributed by atoms with E-state index in [9.17, 15) is 9.59 Å². The Morgan fingerprint density at radius 2 is 2.17 bits per heavy atom. The minimum atomic E-state index is -0.368. The standard InChI is InChI=1S/C22H24N6O2/c1-27(14-23)22(30)17-8-2-3-9-18(17)26-21(29)19-12-15-6-4-7-16(20(15)25-19)13-28-11-5-10-24-28/h4-7,10-12,17-18,25H,2-3,8-9,13H2,1H3,(H,26,29)/t17-,18+/m1/s1. The number of aromatic amines is 1. The molecule has 0 unspecified atom stereocenters. The SMILES string of the molecule is CN(C#N)C(=O)[C@@H]1CCCC[C@@H]1NC(=O)c1cc2cccc(Cn3cccn3)c2[nH]1. The number of carbonyl (C=O) groups is 2. The van der Waals surface area contributed by atoms with Gasteiger partial charge in [0.25, 0.3) is 5.91 Å². The van der Waals surface area contributed by atoms with Crippen molar-refractivity contribution >= 4 is 22.7 Å². The van der Waals surface area contributed by atoms with Gasteiger partial charge in [0.15, 0.2) is 6.19 Å². The number of hydrogen-bond donors (Lipinski definition) is 2. The number of fused-ring (bicyclic) bond motifs is 1. The zero-order chi connectivity index (χ0) is 21.1. The number of nitrogens with zero attached hydrogens (tertiary/aromatic N) is 4. The van der Waals surface area contributed by atoms with Gasteiger partial charge in [0, 0.05) is 30.9 Å². The van der Waals surface area contributed by atoms with Crippen LogP contribution in [-0.2, 0) is 11.3 Å². The van der Waals surface area contributed by atoms with E-state index in [0.717, 1.165) is 40.6 Å². The van der Waals surface area contributed by atoms with Gasteiger partial charge >= 0.3 is 0 Å². The molecule has 1 aromatic carbocycles. The van der Waals surface area contributed by atoms with Crippen molar-refractivity contribution < 1.29 is 9.59 Å². The normalized spacial score (nSPS) is 18.7. The molecule has 1 fully saturated rings. The van der Waals surface area contributed by atoms with Crippen LogP contribution in [0.4, 0.5) is 0 Å². The first-order valence-electron chi connectivity index (χ1n) is 10.1. The quantitative estimate of drug-likeness (QED) is 0.503. The fourth-order valence-corrected chi connectivity index (χ4v) is 4.18. The van der Waals surface area contributed by atoms with Crippen molar-refractivity contribution in [3.63, 3.8) is 0 Å². The lowest BCUT2D eigenvalue weighted by Crippen LogP contribution is -2.48. The van der Waals surface area contributed by atoms with Gasteiger partial charge in [-0.3, -0.25) is 19.2 Å². The van der Waals surface area contributed by atoms with Crippen LogP contribution in [0.5, 0.6) is 0 Å². The van der Waals surface area contributed by atoms with E-state index in [4.69, 9.17) is 5.26 Å². The minimum Gasteiger partial charge on any atom is -0.350 e. The maximum absolute atomic E-state index is 13.0. The van der Waals surface area contributed by atoms with Crippen LogP contribution in [0.1, 0.15) is 41.7 Å². The number of amides is 2. The third kappa shape index (κ3) is 3.92. The molecule has 1 aliphatic rings. The highest BCUT2D eigenvalue weighted by Crippen LogP contribution is 2.27. The first-order valence-corrected chi connectivity index (χ1v) is 10.1. The highest BCUT2D eigenvalue weighted by Gasteiger charge is 2.34. The number of benzene rings is 1. The summed E-state index contributed by atoms with van der Waals surface area (Å²) in [7, 11) is 1.47. The molecule has 4 rings (SSSR count). The predicted molar refractivity (Wildman–Crippen MR) is 111 cm³/mol. The number of H-pyrrole nitrogens is 1. The van der Waals surface area contributed by atoms with Crippen LogP contribution in [0, 0.1) is 17.4 Å². The zero-order valence-corrected chi connectivity index (χ0v) is 16.8. The van der Waals surface area contributed by atoms with E-state index in [1.54, 1.807) is 6.20 Å². The number of para-hydroxylation sites is 1. The Balaban J connectivity index is 1.54. The molecule has 1 saturated carbocycles. The fourth-order valence-electron chi connectivity index (χ4n) is 4.18. The molecule has 154 valence electrons. The van der Waals surface area contributed by atoms with E-state index in [1.807, 2.05) is 47.4 Å². The lowest BCUT2D eigenvalue weighted by molar-refractivity contribution is -0.133. The van der Waals surface area contributed by atoms with Crippen LogP contribution in [0.15, 0.2) is 42.7 Å². The van der Waals surface area contributed by atoms with Crippen molar-refractivity contribution in [2.75, 3.05) is 7.05 Å². The first-order chi connectivity index (χ1) is 14.6. The van der Waals surface area contributed by atoms with Gasteiger partial charge < -0.3 is 10.3 Å². The summed E-state index contributed by atoms with van der Waals surface area (Å²) in [5.41, 5.74) is 2.40. The molecule has 0 saturated heterocycles. The van der Waals surface area contributed by atoms with Gasteiger partial charge in [0.2, 0.25) is 5.91 Å². The van der Waals surface area contributed by atoms with E-state index in [0.29, 0.717) is 18.7 Å². The zero-order valence-electron chi connectivity index (χ0n) is 16.8. The monoisotopic (exact) mass is 404 g/mol. The number of aromatic nitrogens is 3. The Kier molecular flexibility index (Phi) is 5.53. The van der Waals surface area contributed by atoms with Crippen molar-refractivity contribution in [1.29, 1.82) is 5.26 Å². The average Bonchev–Trinajstić information content (AvgIpc) is 3.43. The predicted octanol–water partition coefficient (Wildman–Crippen LogP) is 2.64. The second-order valence-corrected chi connectivity index (χ2v) is 7.74. The number of nitrogens with one attached hydrogen (secondary N) is 2. The number of carbonyl (C=O) groups excluding carboxylic acids is 2. The molecule has 0 aliphatic heterocycles. The highest BCUT2D eigenvalue weighted by molar-refractivity contribution is 5.99. The van der Waals surface area contributed by atoms with Gasteiger partial charge in [-0.1, -0.05) is 31.0 Å². The molecule has 0 spiro atoms. The van der Waals surface area contributed by atoms with Crippen molar-refractivity contribution in [1.82, 2.24) is 25.0 Å². The maximum Gasteiger partial charge on any atom is 0.267 e. The van der Waals surface area contributed by atoms with Crippen molar-refractivity contribution in [2.45, 2.75) is 38.3 Å². The molecule has 2 heterocycles. The third-order valence-corrected chi connectivity index (χ3v) is 5.76. The fraction of sp³-hybridized carbons (Fsp3) is 0.364. The van der Waals surface area contributed by atoms with Crippen LogP contribution in [0.25, 0.3) is 10.9 Å². The number of nitriles is 1. The summed E-state index contributed by atoms with van der Waals surface area (Å²) in [4.78, 5) is 29.8. The molecule has 0 radical (unpaired) electrons. The molecule has 2 atom stereocenters. The first kappa shape index (κ1) is 19.7. The molecule has 2 aromatic heterocycles. The summed E-state index contributed by atoms with van der Waals surface area (Å²) in [5, 5.41) is 17.3. The smallest absolute Gasteiger partial charge is 0.267 e. The molecular weight excluding hydrogens is 380 g/mol. The lowest BCUT2D eigenvalue weighted by atomic mass is 9.83. The van der Waals surface area contributed by atoms with Crippen LogP contribution in [0.3, 0.4) is 0 Å². The molecule has 3 aromatic rings. The van der Waals surface area contributed by atoms with Crippen molar-refractivity contribution in [2.24, 2.45) is 5.92 Å². The Bertz CT molecular complexity index is 1090. The van der Waals surface area contributed by atoms with Crippen molar-refractivity contribution in [3.8, 4) is 6.19 Å². The molecule has 8 heteroatoms. The molecule has 30 heavy (non-hydrogen) atoms. The van der Waals surface area contributed by atoms with Gasteiger partial charge in [0.1, 0.15) is 5.69 Å². The summed E-state index contributed by atoms with van der Waals surface area (Å²) < 4.78 is 1.83. The van der Waals surface area contributed by atoms with Gasteiger partial charge in [-0.05, 0) is 30.5 Å². The average molecular weight is 404 g/mol. The van der Waals surface area contributed by atoms with Gasteiger partial charge in [-0.2, -0.15) is 10.4 Å². The van der Waals surface area contributed by atoms with Crippen molar-refractivity contribution in [3.05, 3.63) is 54.0 Å². The Hall–Kier alpha value is -3.60. The molecule has 8 nitrogen and oxygen atoms in total. The van der Waals surface area contributed by atoms with E-state index in [-0.39, 0.29) is 23.8 Å². The Morgan fingerprint density at radius 1 is 1.33 bits per heavy atom. The van der Waals surface area contributed by atoms with Crippen LogP contribution in [0.2, 0.25) is 0 Å². The van der Waals surface area contributed by atoms with Gasteiger partial charge in [0.05, 0.1) is 18.0 Å². The molecule has 0 bridgehead atoms.